The third-order valence-electron chi connectivity index (χ3n) is 6.10. The molecule has 1 atom stereocenters. The van der Waals surface area contributed by atoms with E-state index in [4.69, 9.17) is 46.4 Å². The first-order chi connectivity index (χ1) is 16.8. The fourth-order valence-corrected chi connectivity index (χ4v) is 6.02. The number of unbranched alkanes of at least 4 members (excludes halogenated alkanes) is 1. The molecule has 1 unspecified atom stereocenters. The van der Waals surface area contributed by atoms with Gasteiger partial charge >= 0.3 is 0 Å². The van der Waals surface area contributed by atoms with Gasteiger partial charge in [0.15, 0.2) is 0 Å². The average molecular weight is 570 g/mol. The van der Waals surface area contributed by atoms with Crippen LogP contribution in [-0.4, -0.2) is 41.2 Å². The second kappa shape index (κ2) is 11.5. The quantitative estimate of drug-likeness (QED) is 0.291. The lowest BCUT2D eigenvalue weighted by Crippen LogP contribution is -2.47. The van der Waals surface area contributed by atoms with E-state index in [-0.39, 0.29) is 24.4 Å². The van der Waals surface area contributed by atoms with Crippen molar-refractivity contribution in [2.75, 3.05) is 19.6 Å². The number of fused-ring (bicyclic) bond motifs is 1. The highest BCUT2D eigenvalue weighted by atomic mass is 35.5. The second-order valence-corrected chi connectivity index (χ2v) is 11.1. The van der Waals surface area contributed by atoms with E-state index in [0.717, 1.165) is 30.4 Å². The summed E-state index contributed by atoms with van der Waals surface area (Å²) in [5, 5.41) is 3.77. The van der Waals surface area contributed by atoms with Gasteiger partial charge in [0.05, 0.1) is 16.1 Å². The van der Waals surface area contributed by atoms with E-state index in [1.165, 1.54) is 4.88 Å². The van der Waals surface area contributed by atoms with E-state index < -0.39 is 0 Å². The predicted octanol–water partition coefficient (Wildman–Crippen LogP) is 7.78. The van der Waals surface area contributed by atoms with Crippen molar-refractivity contribution >= 4 is 69.6 Å². The monoisotopic (exact) mass is 568 g/mol. The Bertz CT molecular complexity index is 1250. The zero-order valence-electron chi connectivity index (χ0n) is 19.1. The highest BCUT2D eigenvalue weighted by molar-refractivity contribution is 7.10. The molecule has 4 nitrogen and oxygen atoms in total. The summed E-state index contributed by atoms with van der Waals surface area (Å²) in [6.07, 6.45) is 2.43. The van der Waals surface area contributed by atoms with Crippen LogP contribution in [0.2, 0.25) is 20.1 Å². The maximum Gasteiger partial charge on any atom is 0.254 e. The molecule has 2 amide bonds. The van der Waals surface area contributed by atoms with Crippen LogP contribution in [0.5, 0.6) is 0 Å². The first-order valence-electron chi connectivity index (χ1n) is 11.3. The molecule has 1 aliphatic heterocycles. The van der Waals surface area contributed by atoms with Gasteiger partial charge in [-0.2, -0.15) is 0 Å². The van der Waals surface area contributed by atoms with E-state index in [2.05, 4.69) is 0 Å². The van der Waals surface area contributed by atoms with Gasteiger partial charge in [-0.15, -0.1) is 11.3 Å². The second-order valence-electron chi connectivity index (χ2n) is 8.41. The Morgan fingerprint density at radius 3 is 2.51 bits per heavy atom. The number of carbonyl (C=O) groups is 2. The SMILES string of the molecule is CCCCN(CC(=O)N1CCc2sccc2C1c1ccc(Cl)cc1Cl)C(=O)c1ccc(Cl)c(Cl)c1. The molecule has 9 heteroatoms. The molecule has 35 heavy (non-hydrogen) atoms. The van der Waals surface area contributed by atoms with E-state index in [0.29, 0.717) is 38.7 Å². The van der Waals surface area contributed by atoms with Gasteiger partial charge in [-0.1, -0.05) is 65.8 Å². The minimum Gasteiger partial charge on any atom is -0.330 e. The van der Waals surface area contributed by atoms with Crippen LogP contribution >= 0.6 is 57.7 Å². The molecule has 0 fully saturated rings. The number of thiophene rings is 1. The van der Waals surface area contributed by atoms with E-state index in [1.54, 1.807) is 46.6 Å². The molecule has 2 aromatic carbocycles. The van der Waals surface area contributed by atoms with Gasteiger partial charge in [0.2, 0.25) is 5.91 Å². The molecule has 0 saturated carbocycles. The Hall–Kier alpha value is -1.76. The topological polar surface area (TPSA) is 40.6 Å². The lowest BCUT2D eigenvalue weighted by molar-refractivity contribution is -0.134. The summed E-state index contributed by atoms with van der Waals surface area (Å²) in [5.41, 5.74) is 2.29. The summed E-state index contributed by atoms with van der Waals surface area (Å²) in [5.74, 6) is -0.387. The minimum absolute atomic E-state index is 0.0414. The van der Waals surface area contributed by atoms with E-state index in [9.17, 15) is 9.59 Å². The van der Waals surface area contributed by atoms with Crippen molar-refractivity contribution in [1.82, 2.24) is 9.80 Å². The van der Waals surface area contributed by atoms with Crippen molar-refractivity contribution in [3.63, 3.8) is 0 Å². The molecule has 0 aliphatic carbocycles. The first-order valence-corrected chi connectivity index (χ1v) is 13.7. The fraction of sp³-hybridized carbons (Fsp3) is 0.308. The largest absolute Gasteiger partial charge is 0.330 e. The van der Waals surface area contributed by atoms with Crippen LogP contribution in [0.3, 0.4) is 0 Å². The Morgan fingerprint density at radius 1 is 1.00 bits per heavy atom. The molecule has 0 N–H and O–H groups in total. The predicted molar refractivity (Wildman–Crippen MR) is 145 cm³/mol. The van der Waals surface area contributed by atoms with Gasteiger partial charge < -0.3 is 9.80 Å². The number of halogens is 4. The summed E-state index contributed by atoms with van der Waals surface area (Å²) < 4.78 is 0. The molecular formula is C26H24Cl4N2O2S. The van der Waals surface area contributed by atoms with Crippen molar-refractivity contribution in [2.45, 2.75) is 32.2 Å². The molecule has 0 saturated heterocycles. The molecule has 0 bridgehead atoms. The number of nitrogens with zero attached hydrogens (tertiary/aromatic N) is 2. The number of rotatable bonds is 7. The summed E-state index contributed by atoms with van der Waals surface area (Å²) >= 11 is 26.6. The molecule has 4 rings (SSSR count). The van der Waals surface area contributed by atoms with Crippen LogP contribution in [0.25, 0.3) is 0 Å². The molecule has 3 aromatic rings. The van der Waals surface area contributed by atoms with Gasteiger partial charge in [-0.05, 0) is 65.7 Å². The smallest absolute Gasteiger partial charge is 0.254 e. The fourth-order valence-electron chi connectivity index (χ4n) is 4.31. The minimum atomic E-state index is -0.338. The van der Waals surface area contributed by atoms with Crippen molar-refractivity contribution in [3.8, 4) is 0 Å². The van der Waals surface area contributed by atoms with E-state index >= 15 is 0 Å². The maximum atomic E-state index is 13.7. The normalized spacial score (nSPS) is 15.1. The van der Waals surface area contributed by atoms with Gasteiger partial charge in [0.25, 0.3) is 5.91 Å². The number of benzene rings is 2. The lowest BCUT2D eigenvalue weighted by atomic mass is 9.93. The van der Waals surface area contributed by atoms with Crippen molar-refractivity contribution < 1.29 is 9.59 Å². The number of carbonyl (C=O) groups excluding carboxylic acids is 2. The van der Waals surface area contributed by atoms with Crippen molar-refractivity contribution in [3.05, 3.63) is 89.5 Å². The highest BCUT2D eigenvalue weighted by Gasteiger charge is 2.35. The first kappa shape index (κ1) is 26.3. The van der Waals surface area contributed by atoms with Crippen LogP contribution in [0.4, 0.5) is 0 Å². The Labute approximate surface area is 229 Å². The van der Waals surface area contributed by atoms with Crippen LogP contribution < -0.4 is 0 Å². The molecule has 0 spiro atoms. The Kier molecular flexibility index (Phi) is 8.67. The summed E-state index contributed by atoms with van der Waals surface area (Å²) in [6.45, 7) is 3.01. The van der Waals surface area contributed by atoms with Crippen LogP contribution in [0.15, 0.2) is 47.8 Å². The maximum absolute atomic E-state index is 13.7. The van der Waals surface area contributed by atoms with Gasteiger partial charge in [0.1, 0.15) is 6.54 Å². The molecule has 1 aliphatic rings. The van der Waals surface area contributed by atoms with Gasteiger partial charge in [-0.3, -0.25) is 9.59 Å². The van der Waals surface area contributed by atoms with Crippen molar-refractivity contribution in [1.29, 1.82) is 0 Å². The molecule has 184 valence electrons. The van der Waals surface area contributed by atoms with Crippen molar-refractivity contribution in [2.24, 2.45) is 0 Å². The van der Waals surface area contributed by atoms with Crippen LogP contribution in [-0.2, 0) is 11.2 Å². The van der Waals surface area contributed by atoms with Crippen LogP contribution in [0, 0.1) is 0 Å². The summed E-state index contributed by atoms with van der Waals surface area (Å²) in [4.78, 5) is 31.7. The average Bonchev–Trinajstić information content (AvgIpc) is 3.31. The lowest BCUT2D eigenvalue weighted by Gasteiger charge is -2.38. The van der Waals surface area contributed by atoms with Gasteiger partial charge in [0, 0.05) is 33.6 Å². The van der Waals surface area contributed by atoms with Gasteiger partial charge in [-0.25, -0.2) is 0 Å². The highest BCUT2D eigenvalue weighted by Crippen LogP contribution is 2.41. The van der Waals surface area contributed by atoms with E-state index in [1.807, 2.05) is 29.3 Å². The third kappa shape index (κ3) is 5.81. The summed E-state index contributed by atoms with van der Waals surface area (Å²) in [6, 6.07) is 11.8. The Morgan fingerprint density at radius 2 is 1.80 bits per heavy atom. The zero-order valence-corrected chi connectivity index (χ0v) is 22.9. The molecule has 0 radical (unpaired) electrons. The molecular weight excluding hydrogens is 546 g/mol. The number of hydrogen-bond donors (Lipinski definition) is 0. The molecule has 2 heterocycles. The third-order valence-corrected chi connectivity index (χ3v) is 8.40. The Balaban J connectivity index is 1.64. The zero-order chi connectivity index (χ0) is 25.1. The molecule has 1 aromatic heterocycles. The van der Waals surface area contributed by atoms with Crippen LogP contribution in [0.1, 0.15) is 52.2 Å². The summed E-state index contributed by atoms with van der Waals surface area (Å²) in [7, 11) is 0. The number of amides is 2. The number of hydrogen-bond acceptors (Lipinski definition) is 3. The standard InChI is InChI=1S/C26H24Cl4N2O2S/c1-2-3-10-31(26(34)16-4-7-20(28)22(30)13-16)15-24(33)32-11-8-23-19(9-12-35-23)25(32)18-6-5-17(27)14-21(18)29/h4-7,9,12-14,25H,2-3,8,10-11,15H2,1H3.